The summed E-state index contributed by atoms with van der Waals surface area (Å²) in [6.45, 7) is 2.64. The number of aliphatic hydroxyl groups is 1. The summed E-state index contributed by atoms with van der Waals surface area (Å²) in [5.74, 6) is 0.573. The minimum Gasteiger partial charge on any atom is -0.389 e. The number of rotatable bonds is 6. The highest BCUT2D eigenvalue weighted by molar-refractivity contribution is 5.23. The van der Waals surface area contributed by atoms with E-state index in [0.29, 0.717) is 5.82 Å². The van der Waals surface area contributed by atoms with Gasteiger partial charge in [-0.05, 0) is 38.9 Å². The van der Waals surface area contributed by atoms with E-state index in [9.17, 15) is 5.11 Å². The summed E-state index contributed by atoms with van der Waals surface area (Å²) in [7, 11) is 2.08. The normalized spacial score (nSPS) is 18.6. The highest BCUT2D eigenvalue weighted by Crippen LogP contribution is 2.29. The Labute approximate surface area is 109 Å². The van der Waals surface area contributed by atoms with Gasteiger partial charge in [0.15, 0.2) is 0 Å². The average molecular weight is 252 g/mol. The number of likely N-dealkylation sites (N-methyl/N-ethyl adjacent to an activating group) is 1. The van der Waals surface area contributed by atoms with Crippen LogP contribution in [0.1, 0.15) is 32.1 Å². The van der Waals surface area contributed by atoms with Gasteiger partial charge in [-0.3, -0.25) is 4.68 Å². The molecule has 0 aromatic carbocycles. The van der Waals surface area contributed by atoms with Crippen molar-refractivity contribution in [2.75, 3.05) is 25.9 Å². The molecule has 5 heteroatoms. The largest absolute Gasteiger partial charge is 0.389 e. The molecule has 0 radical (unpaired) electrons. The predicted octanol–water partition coefficient (Wildman–Crippen LogP) is 1.09. The Morgan fingerprint density at radius 2 is 2.22 bits per heavy atom. The van der Waals surface area contributed by atoms with Gasteiger partial charge in [-0.25, -0.2) is 0 Å². The molecule has 0 unspecified atom stereocenters. The summed E-state index contributed by atoms with van der Waals surface area (Å²) in [5.41, 5.74) is 5.12. The van der Waals surface area contributed by atoms with Crippen LogP contribution in [0.5, 0.6) is 0 Å². The summed E-state index contributed by atoms with van der Waals surface area (Å²) in [6, 6.07) is 1.81. The lowest BCUT2D eigenvalue weighted by atomic mass is 10.0. The predicted molar refractivity (Wildman–Crippen MR) is 72.2 cm³/mol. The molecule has 1 aromatic heterocycles. The van der Waals surface area contributed by atoms with Crippen molar-refractivity contribution in [3.63, 3.8) is 0 Å². The Morgan fingerprint density at radius 3 is 2.83 bits per heavy atom. The zero-order valence-corrected chi connectivity index (χ0v) is 11.2. The van der Waals surface area contributed by atoms with Gasteiger partial charge in [0.1, 0.15) is 5.82 Å². The Kier molecular flexibility index (Phi) is 4.24. The van der Waals surface area contributed by atoms with E-state index in [0.717, 1.165) is 51.7 Å². The van der Waals surface area contributed by atoms with Crippen molar-refractivity contribution >= 4 is 5.82 Å². The van der Waals surface area contributed by atoms with Gasteiger partial charge >= 0.3 is 0 Å². The maximum atomic E-state index is 10.3. The molecule has 0 aliphatic heterocycles. The highest BCUT2D eigenvalue weighted by Gasteiger charge is 2.31. The molecule has 1 heterocycles. The van der Waals surface area contributed by atoms with E-state index < -0.39 is 5.60 Å². The van der Waals surface area contributed by atoms with Crippen LogP contribution in [0.2, 0.25) is 0 Å². The maximum Gasteiger partial charge on any atom is 0.145 e. The number of aromatic nitrogens is 2. The van der Waals surface area contributed by atoms with Crippen molar-refractivity contribution in [3.8, 4) is 0 Å². The fourth-order valence-corrected chi connectivity index (χ4v) is 2.78. The van der Waals surface area contributed by atoms with Crippen LogP contribution in [0.15, 0.2) is 12.3 Å². The van der Waals surface area contributed by atoms with E-state index in [1.54, 1.807) is 0 Å². The molecule has 3 N–H and O–H groups in total. The maximum absolute atomic E-state index is 10.3. The van der Waals surface area contributed by atoms with Crippen molar-refractivity contribution in [1.82, 2.24) is 14.7 Å². The van der Waals surface area contributed by atoms with E-state index in [-0.39, 0.29) is 0 Å². The fraction of sp³-hybridized carbons (Fsp3) is 0.769. The van der Waals surface area contributed by atoms with E-state index in [1.807, 2.05) is 16.9 Å². The van der Waals surface area contributed by atoms with Crippen LogP contribution in [-0.4, -0.2) is 45.5 Å². The minimum atomic E-state index is -0.440. The molecule has 1 aliphatic carbocycles. The molecule has 0 saturated heterocycles. The molecule has 5 nitrogen and oxygen atoms in total. The second-order valence-corrected chi connectivity index (χ2v) is 5.53. The van der Waals surface area contributed by atoms with E-state index in [4.69, 9.17) is 5.73 Å². The highest BCUT2D eigenvalue weighted by atomic mass is 16.3. The number of aryl methyl sites for hydroxylation is 1. The van der Waals surface area contributed by atoms with Gasteiger partial charge in [-0.15, -0.1) is 0 Å². The molecule has 1 aliphatic rings. The Balaban J connectivity index is 1.67. The molecule has 0 spiro atoms. The van der Waals surface area contributed by atoms with Gasteiger partial charge in [0.05, 0.1) is 5.60 Å². The first-order valence-electron chi connectivity index (χ1n) is 6.77. The van der Waals surface area contributed by atoms with E-state index in [1.165, 1.54) is 0 Å². The Bertz CT molecular complexity index is 371. The first-order valence-corrected chi connectivity index (χ1v) is 6.77. The number of hydrogen-bond donors (Lipinski definition) is 2. The van der Waals surface area contributed by atoms with Crippen LogP contribution in [-0.2, 0) is 6.54 Å². The Morgan fingerprint density at radius 1 is 1.50 bits per heavy atom. The molecule has 1 fully saturated rings. The standard InChI is InChI=1S/C13H24N4O/c1-16(11-13(18)6-2-3-7-13)8-4-9-17-10-5-12(14)15-17/h5,10,18H,2-4,6-9,11H2,1H3,(H2,14,15). The minimum absolute atomic E-state index is 0.440. The third-order valence-electron chi connectivity index (χ3n) is 3.69. The number of nitrogens with two attached hydrogens (primary N) is 1. The second kappa shape index (κ2) is 5.71. The summed E-state index contributed by atoms with van der Waals surface area (Å²) in [5, 5.41) is 14.5. The second-order valence-electron chi connectivity index (χ2n) is 5.53. The third kappa shape index (κ3) is 3.71. The molecule has 0 atom stereocenters. The van der Waals surface area contributed by atoms with E-state index in [2.05, 4.69) is 17.0 Å². The quantitative estimate of drug-likeness (QED) is 0.795. The van der Waals surface area contributed by atoms with Gasteiger partial charge < -0.3 is 15.7 Å². The van der Waals surface area contributed by atoms with Crippen molar-refractivity contribution < 1.29 is 5.11 Å². The summed E-state index contributed by atoms with van der Waals surface area (Å²) in [6.07, 6.45) is 7.15. The number of nitrogen functional groups attached to an aromatic ring is 1. The van der Waals surface area contributed by atoms with Crippen LogP contribution in [0.4, 0.5) is 5.82 Å². The molecule has 2 rings (SSSR count). The molecule has 102 valence electrons. The van der Waals surface area contributed by atoms with Crippen molar-refractivity contribution in [1.29, 1.82) is 0 Å². The molecule has 1 aromatic rings. The lowest BCUT2D eigenvalue weighted by Gasteiger charge is -2.28. The smallest absolute Gasteiger partial charge is 0.145 e. The molecule has 1 saturated carbocycles. The average Bonchev–Trinajstić information content (AvgIpc) is 2.88. The van der Waals surface area contributed by atoms with Crippen LogP contribution in [0.25, 0.3) is 0 Å². The van der Waals surface area contributed by atoms with Crippen molar-refractivity contribution in [2.45, 2.75) is 44.2 Å². The zero-order valence-electron chi connectivity index (χ0n) is 11.2. The molecule has 0 bridgehead atoms. The van der Waals surface area contributed by atoms with Crippen LogP contribution >= 0.6 is 0 Å². The van der Waals surface area contributed by atoms with Crippen molar-refractivity contribution in [3.05, 3.63) is 12.3 Å². The SMILES string of the molecule is CN(CCCn1ccc(N)n1)CC1(O)CCCC1. The van der Waals surface area contributed by atoms with Gasteiger partial charge in [0, 0.05) is 19.3 Å². The van der Waals surface area contributed by atoms with Crippen LogP contribution < -0.4 is 5.73 Å². The topological polar surface area (TPSA) is 67.3 Å². The lowest BCUT2D eigenvalue weighted by Crippen LogP contribution is -2.39. The number of hydrogen-bond acceptors (Lipinski definition) is 4. The van der Waals surface area contributed by atoms with E-state index >= 15 is 0 Å². The fourth-order valence-electron chi connectivity index (χ4n) is 2.78. The summed E-state index contributed by atoms with van der Waals surface area (Å²) in [4.78, 5) is 2.22. The Hall–Kier alpha value is -1.07. The van der Waals surface area contributed by atoms with Crippen LogP contribution in [0, 0.1) is 0 Å². The summed E-state index contributed by atoms with van der Waals surface area (Å²) < 4.78 is 1.87. The molecule has 18 heavy (non-hydrogen) atoms. The van der Waals surface area contributed by atoms with Crippen molar-refractivity contribution in [2.24, 2.45) is 0 Å². The van der Waals surface area contributed by atoms with Crippen LogP contribution in [0.3, 0.4) is 0 Å². The van der Waals surface area contributed by atoms with Gasteiger partial charge in [0.2, 0.25) is 0 Å². The number of anilines is 1. The zero-order chi connectivity index (χ0) is 13.0. The lowest BCUT2D eigenvalue weighted by molar-refractivity contribution is 0.0159. The van der Waals surface area contributed by atoms with Gasteiger partial charge in [-0.1, -0.05) is 12.8 Å². The first kappa shape index (κ1) is 13.4. The first-order chi connectivity index (χ1) is 8.57. The molecular formula is C13H24N4O. The summed E-state index contributed by atoms with van der Waals surface area (Å²) >= 11 is 0. The third-order valence-corrected chi connectivity index (χ3v) is 3.69. The monoisotopic (exact) mass is 252 g/mol. The van der Waals surface area contributed by atoms with Gasteiger partial charge in [0.25, 0.3) is 0 Å². The van der Waals surface area contributed by atoms with Gasteiger partial charge in [-0.2, -0.15) is 5.10 Å². The number of nitrogens with zero attached hydrogens (tertiary/aromatic N) is 3. The molecular weight excluding hydrogens is 228 g/mol. The molecule has 0 amide bonds.